The highest BCUT2D eigenvalue weighted by Crippen LogP contribution is 2.34. The van der Waals surface area contributed by atoms with E-state index in [9.17, 15) is 4.79 Å². The number of halogens is 1. The van der Waals surface area contributed by atoms with E-state index in [0.29, 0.717) is 22.1 Å². The molecule has 3 rings (SSSR count). The van der Waals surface area contributed by atoms with E-state index < -0.39 is 0 Å². The molecule has 3 N–H and O–H groups in total. The van der Waals surface area contributed by atoms with Gasteiger partial charge in [0, 0.05) is 28.0 Å². The van der Waals surface area contributed by atoms with E-state index in [0.717, 1.165) is 23.1 Å². The SMILES string of the molecule is Nc1cccnc1Nc1cc(Cl)ccc1-c1ccccc1C=O. The highest BCUT2D eigenvalue weighted by molar-refractivity contribution is 6.31. The number of nitrogens with one attached hydrogen (secondary N) is 1. The number of carbonyl (C=O) groups excluding carboxylic acids is 1. The van der Waals surface area contributed by atoms with Crippen LogP contribution in [0.25, 0.3) is 11.1 Å². The van der Waals surface area contributed by atoms with Crippen molar-refractivity contribution in [2.45, 2.75) is 0 Å². The first-order chi connectivity index (χ1) is 11.2. The number of nitrogens with zero attached hydrogens (tertiary/aromatic N) is 1. The topological polar surface area (TPSA) is 68.0 Å². The van der Waals surface area contributed by atoms with Crippen LogP contribution in [0.4, 0.5) is 17.2 Å². The molecule has 0 radical (unpaired) electrons. The van der Waals surface area contributed by atoms with Gasteiger partial charge in [0.25, 0.3) is 0 Å². The van der Waals surface area contributed by atoms with E-state index in [1.807, 2.05) is 24.3 Å². The van der Waals surface area contributed by atoms with Gasteiger partial charge in [0.2, 0.25) is 0 Å². The van der Waals surface area contributed by atoms with Crippen molar-refractivity contribution >= 4 is 35.1 Å². The number of hydrogen-bond acceptors (Lipinski definition) is 4. The summed E-state index contributed by atoms with van der Waals surface area (Å²) in [6.45, 7) is 0. The van der Waals surface area contributed by atoms with Crippen molar-refractivity contribution in [1.82, 2.24) is 4.98 Å². The van der Waals surface area contributed by atoms with Gasteiger partial charge >= 0.3 is 0 Å². The van der Waals surface area contributed by atoms with Crippen LogP contribution in [0.15, 0.2) is 60.8 Å². The average Bonchev–Trinajstić information content (AvgIpc) is 2.57. The minimum atomic E-state index is 0.530. The zero-order chi connectivity index (χ0) is 16.2. The smallest absolute Gasteiger partial charge is 0.153 e. The number of nitrogen functional groups attached to an aromatic ring is 1. The molecule has 0 atom stereocenters. The number of anilines is 3. The molecule has 114 valence electrons. The quantitative estimate of drug-likeness (QED) is 0.692. The normalized spacial score (nSPS) is 10.3. The molecule has 3 aromatic rings. The van der Waals surface area contributed by atoms with Crippen molar-refractivity contribution < 1.29 is 4.79 Å². The Labute approximate surface area is 138 Å². The van der Waals surface area contributed by atoms with E-state index in [1.165, 1.54) is 0 Å². The van der Waals surface area contributed by atoms with Crippen molar-refractivity contribution in [3.05, 3.63) is 71.4 Å². The average molecular weight is 324 g/mol. The third-order valence-electron chi connectivity index (χ3n) is 3.45. The highest BCUT2D eigenvalue weighted by atomic mass is 35.5. The molecule has 0 saturated carbocycles. The minimum Gasteiger partial charge on any atom is -0.396 e. The second-order valence-electron chi connectivity index (χ2n) is 4.96. The standard InChI is InChI=1S/C18H14ClN3O/c19-13-7-8-15(14-5-2-1-4-12(14)11-23)17(10-13)22-18-16(20)6-3-9-21-18/h1-11H,20H2,(H,21,22). The van der Waals surface area contributed by atoms with Crippen LogP contribution in [0.2, 0.25) is 5.02 Å². The van der Waals surface area contributed by atoms with Crippen molar-refractivity contribution in [2.75, 3.05) is 11.1 Å². The van der Waals surface area contributed by atoms with Gasteiger partial charge in [0.05, 0.1) is 5.69 Å². The third kappa shape index (κ3) is 3.17. The summed E-state index contributed by atoms with van der Waals surface area (Å²) in [4.78, 5) is 15.5. The number of aldehydes is 1. The van der Waals surface area contributed by atoms with E-state index in [1.54, 1.807) is 36.5 Å². The second kappa shape index (κ2) is 6.50. The Hall–Kier alpha value is -2.85. The summed E-state index contributed by atoms with van der Waals surface area (Å²) < 4.78 is 0. The van der Waals surface area contributed by atoms with Crippen LogP contribution < -0.4 is 11.1 Å². The Balaban J connectivity index is 2.12. The van der Waals surface area contributed by atoms with E-state index in [2.05, 4.69) is 10.3 Å². The van der Waals surface area contributed by atoms with Gasteiger partial charge in [0.1, 0.15) is 0 Å². The van der Waals surface area contributed by atoms with Gasteiger partial charge in [-0.3, -0.25) is 4.79 Å². The molecule has 0 spiro atoms. The van der Waals surface area contributed by atoms with Crippen molar-refractivity contribution in [3.8, 4) is 11.1 Å². The molecule has 0 aliphatic heterocycles. The van der Waals surface area contributed by atoms with Crippen LogP contribution in [0.5, 0.6) is 0 Å². The molecule has 0 fully saturated rings. The monoisotopic (exact) mass is 323 g/mol. The Morgan fingerprint density at radius 2 is 1.87 bits per heavy atom. The zero-order valence-electron chi connectivity index (χ0n) is 12.2. The molecule has 0 saturated heterocycles. The van der Waals surface area contributed by atoms with Gasteiger partial charge < -0.3 is 11.1 Å². The molecule has 0 bridgehead atoms. The molecule has 1 aromatic heterocycles. The fourth-order valence-corrected chi connectivity index (χ4v) is 2.52. The number of nitrogens with two attached hydrogens (primary N) is 1. The Morgan fingerprint density at radius 1 is 1.04 bits per heavy atom. The van der Waals surface area contributed by atoms with Crippen LogP contribution in [-0.2, 0) is 0 Å². The number of carbonyl (C=O) groups is 1. The number of benzene rings is 2. The Morgan fingerprint density at radius 3 is 2.65 bits per heavy atom. The van der Waals surface area contributed by atoms with E-state index in [-0.39, 0.29) is 0 Å². The molecule has 2 aromatic carbocycles. The largest absolute Gasteiger partial charge is 0.396 e. The van der Waals surface area contributed by atoms with E-state index >= 15 is 0 Å². The molecule has 0 aliphatic rings. The lowest BCUT2D eigenvalue weighted by Crippen LogP contribution is -2.00. The highest BCUT2D eigenvalue weighted by Gasteiger charge is 2.11. The predicted octanol–water partition coefficient (Wildman–Crippen LogP) is 4.54. The Kier molecular flexibility index (Phi) is 4.26. The summed E-state index contributed by atoms with van der Waals surface area (Å²) in [5.41, 5.74) is 9.47. The van der Waals surface area contributed by atoms with Crippen molar-refractivity contribution in [3.63, 3.8) is 0 Å². The molecule has 0 unspecified atom stereocenters. The summed E-state index contributed by atoms with van der Waals surface area (Å²) >= 11 is 6.12. The molecule has 0 amide bonds. The van der Waals surface area contributed by atoms with Gasteiger partial charge in [-0.05, 0) is 29.8 Å². The molecular formula is C18H14ClN3O. The second-order valence-corrected chi connectivity index (χ2v) is 5.40. The minimum absolute atomic E-state index is 0.530. The summed E-state index contributed by atoms with van der Waals surface area (Å²) in [6.07, 6.45) is 2.49. The molecule has 23 heavy (non-hydrogen) atoms. The fourth-order valence-electron chi connectivity index (χ4n) is 2.35. The first-order valence-electron chi connectivity index (χ1n) is 7.00. The third-order valence-corrected chi connectivity index (χ3v) is 3.69. The maximum Gasteiger partial charge on any atom is 0.153 e. The first-order valence-corrected chi connectivity index (χ1v) is 7.38. The molecule has 0 aliphatic carbocycles. The first kappa shape index (κ1) is 15.1. The van der Waals surface area contributed by atoms with Crippen LogP contribution in [0, 0.1) is 0 Å². The van der Waals surface area contributed by atoms with Gasteiger partial charge in [0.15, 0.2) is 12.1 Å². The van der Waals surface area contributed by atoms with Gasteiger partial charge in [-0.2, -0.15) is 0 Å². The lowest BCUT2D eigenvalue weighted by Gasteiger charge is -2.14. The summed E-state index contributed by atoms with van der Waals surface area (Å²) in [6, 6.07) is 16.3. The number of rotatable bonds is 4. The maximum absolute atomic E-state index is 11.3. The molecule has 5 heteroatoms. The van der Waals surface area contributed by atoms with Crippen molar-refractivity contribution in [2.24, 2.45) is 0 Å². The van der Waals surface area contributed by atoms with Crippen LogP contribution >= 0.6 is 11.6 Å². The maximum atomic E-state index is 11.3. The summed E-state index contributed by atoms with van der Waals surface area (Å²) in [5.74, 6) is 0.541. The lowest BCUT2D eigenvalue weighted by atomic mass is 9.99. The summed E-state index contributed by atoms with van der Waals surface area (Å²) in [7, 11) is 0. The van der Waals surface area contributed by atoms with Crippen LogP contribution in [0.3, 0.4) is 0 Å². The van der Waals surface area contributed by atoms with E-state index in [4.69, 9.17) is 17.3 Å². The molecular weight excluding hydrogens is 310 g/mol. The van der Waals surface area contributed by atoms with Gasteiger partial charge in [-0.1, -0.05) is 41.9 Å². The number of hydrogen-bond donors (Lipinski definition) is 2. The van der Waals surface area contributed by atoms with Crippen LogP contribution in [0.1, 0.15) is 10.4 Å². The molecule has 1 heterocycles. The number of pyridine rings is 1. The van der Waals surface area contributed by atoms with Gasteiger partial charge in [-0.25, -0.2) is 4.98 Å². The zero-order valence-corrected chi connectivity index (χ0v) is 12.9. The molecule has 4 nitrogen and oxygen atoms in total. The van der Waals surface area contributed by atoms with Crippen molar-refractivity contribution in [1.29, 1.82) is 0 Å². The predicted molar refractivity (Wildman–Crippen MR) is 94.2 cm³/mol. The lowest BCUT2D eigenvalue weighted by molar-refractivity contribution is 0.112. The van der Waals surface area contributed by atoms with Gasteiger partial charge in [-0.15, -0.1) is 0 Å². The summed E-state index contributed by atoms with van der Waals surface area (Å²) in [5, 5.41) is 3.77. The fraction of sp³-hybridized carbons (Fsp3) is 0. The number of aromatic nitrogens is 1. The van der Waals surface area contributed by atoms with Crippen LogP contribution in [-0.4, -0.2) is 11.3 Å². The Bertz CT molecular complexity index is 864.